The van der Waals surface area contributed by atoms with E-state index in [9.17, 15) is 0 Å². The van der Waals surface area contributed by atoms with Crippen molar-refractivity contribution < 1.29 is 4.43 Å². The Balaban J connectivity index is 3.76. The Labute approximate surface area is 58.9 Å². The van der Waals surface area contributed by atoms with Gasteiger partial charge in [-0.2, -0.15) is 0 Å². The zero-order chi connectivity index (χ0) is 7.33. The average Bonchev–Trinajstić information content (AvgIpc) is 1.89. The molecule has 0 aromatic heterocycles. The molecule has 0 aromatic carbocycles. The maximum absolute atomic E-state index is 5.55. The summed E-state index contributed by atoms with van der Waals surface area (Å²) < 4.78 is 5.55. The van der Waals surface area contributed by atoms with Crippen molar-refractivity contribution in [3.63, 3.8) is 0 Å². The monoisotopic (exact) mass is 144 g/mol. The minimum absolute atomic E-state index is 0.822. The van der Waals surface area contributed by atoms with Crippen LogP contribution in [0, 0.1) is 0 Å². The van der Waals surface area contributed by atoms with Crippen LogP contribution in [0.25, 0.3) is 0 Å². The summed E-state index contributed by atoms with van der Waals surface area (Å²) in [6, 6.07) is 1.13. The van der Waals surface area contributed by atoms with Gasteiger partial charge in [0.15, 0.2) is 0 Å². The van der Waals surface area contributed by atoms with Crippen molar-refractivity contribution in [3.05, 3.63) is 12.3 Å². The SMILES string of the molecule is C=C[Si](C)(CC)OCC. The molecule has 0 amide bonds. The lowest BCUT2D eigenvalue weighted by Gasteiger charge is -2.19. The average molecular weight is 144 g/mol. The van der Waals surface area contributed by atoms with E-state index in [1.807, 2.05) is 12.6 Å². The Morgan fingerprint density at radius 1 is 1.56 bits per heavy atom. The zero-order valence-electron chi connectivity index (χ0n) is 6.61. The van der Waals surface area contributed by atoms with Gasteiger partial charge in [-0.15, -0.1) is 6.58 Å². The number of rotatable bonds is 4. The van der Waals surface area contributed by atoms with Gasteiger partial charge in [-0.1, -0.05) is 12.6 Å². The van der Waals surface area contributed by atoms with E-state index in [2.05, 4.69) is 20.0 Å². The highest BCUT2D eigenvalue weighted by Gasteiger charge is 2.20. The molecular weight excluding hydrogens is 128 g/mol. The summed E-state index contributed by atoms with van der Waals surface area (Å²) in [5.74, 6) is 0. The van der Waals surface area contributed by atoms with Crippen molar-refractivity contribution in [1.82, 2.24) is 0 Å². The highest BCUT2D eigenvalue weighted by atomic mass is 28.4. The highest BCUT2D eigenvalue weighted by molar-refractivity contribution is 6.77. The fourth-order valence-electron chi connectivity index (χ4n) is 0.635. The van der Waals surface area contributed by atoms with Crippen LogP contribution >= 0.6 is 0 Å². The quantitative estimate of drug-likeness (QED) is 0.550. The first-order chi connectivity index (χ1) is 4.18. The lowest BCUT2D eigenvalue weighted by atomic mass is 10.9. The number of hydrogen-bond donors (Lipinski definition) is 0. The molecule has 0 aromatic rings. The Kier molecular flexibility index (Phi) is 3.82. The van der Waals surface area contributed by atoms with Gasteiger partial charge in [-0.3, -0.25) is 0 Å². The molecule has 0 N–H and O–H groups in total. The summed E-state index contributed by atoms with van der Waals surface area (Å²) in [7, 11) is -1.43. The summed E-state index contributed by atoms with van der Waals surface area (Å²) in [6.45, 7) is 11.0. The summed E-state index contributed by atoms with van der Waals surface area (Å²) in [5.41, 5.74) is 2.00. The molecule has 0 fully saturated rings. The van der Waals surface area contributed by atoms with Gasteiger partial charge in [-0.25, -0.2) is 0 Å². The summed E-state index contributed by atoms with van der Waals surface area (Å²) in [6.07, 6.45) is 0. The van der Waals surface area contributed by atoms with Gasteiger partial charge in [0.05, 0.1) is 0 Å². The standard InChI is InChI=1S/C7H16OSi/c1-5-8-9(4,6-2)7-3/h6H,2,5,7H2,1,3-4H3. The molecular formula is C7H16OSi. The van der Waals surface area contributed by atoms with E-state index in [0.29, 0.717) is 0 Å². The van der Waals surface area contributed by atoms with Crippen molar-refractivity contribution in [3.8, 4) is 0 Å². The molecule has 0 aliphatic carbocycles. The maximum atomic E-state index is 5.55. The predicted octanol–water partition coefficient (Wildman–Crippen LogP) is 2.34. The van der Waals surface area contributed by atoms with Gasteiger partial charge in [0.2, 0.25) is 8.32 Å². The van der Waals surface area contributed by atoms with Gasteiger partial charge >= 0.3 is 0 Å². The van der Waals surface area contributed by atoms with Crippen LogP contribution in [0.15, 0.2) is 12.3 Å². The van der Waals surface area contributed by atoms with E-state index in [0.717, 1.165) is 12.7 Å². The Hall–Kier alpha value is -0.0831. The molecule has 0 rings (SSSR count). The highest BCUT2D eigenvalue weighted by Crippen LogP contribution is 2.10. The third-order valence-corrected chi connectivity index (χ3v) is 4.82. The molecule has 0 spiro atoms. The maximum Gasteiger partial charge on any atom is 0.213 e. The van der Waals surface area contributed by atoms with Crippen molar-refractivity contribution >= 4 is 8.32 Å². The van der Waals surface area contributed by atoms with E-state index < -0.39 is 8.32 Å². The molecule has 0 heterocycles. The Morgan fingerprint density at radius 3 is 2.22 bits per heavy atom. The topological polar surface area (TPSA) is 9.23 Å². The summed E-state index contributed by atoms with van der Waals surface area (Å²) >= 11 is 0. The Morgan fingerprint density at radius 2 is 2.11 bits per heavy atom. The molecule has 0 aliphatic rings. The second-order valence-electron chi connectivity index (χ2n) is 2.30. The first kappa shape index (κ1) is 8.92. The van der Waals surface area contributed by atoms with Crippen LogP contribution in [0.4, 0.5) is 0 Å². The molecule has 0 saturated carbocycles. The lowest BCUT2D eigenvalue weighted by Crippen LogP contribution is -2.30. The van der Waals surface area contributed by atoms with E-state index >= 15 is 0 Å². The smallest absolute Gasteiger partial charge is 0.213 e. The largest absolute Gasteiger partial charge is 0.414 e. The second-order valence-corrected chi connectivity index (χ2v) is 6.33. The molecule has 0 aliphatic heterocycles. The fourth-order valence-corrected chi connectivity index (χ4v) is 1.91. The summed E-state index contributed by atoms with van der Waals surface area (Å²) in [4.78, 5) is 0. The lowest BCUT2D eigenvalue weighted by molar-refractivity contribution is 0.334. The number of hydrogen-bond acceptors (Lipinski definition) is 1. The van der Waals surface area contributed by atoms with Crippen molar-refractivity contribution in [2.24, 2.45) is 0 Å². The molecule has 2 heteroatoms. The molecule has 54 valence electrons. The van der Waals surface area contributed by atoms with Crippen molar-refractivity contribution in [2.45, 2.75) is 26.4 Å². The third-order valence-electron chi connectivity index (χ3n) is 1.61. The van der Waals surface area contributed by atoms with Crippen LogP contribution in [0.5, 0.6) is 0 Å². The second kappa shape index (κ2) is 3.85. The van der Waals surface area contributed by atoms with Crippen LogP contribution < -0.4 is 0 Å². The predicted molar refractivity (Wildman–Crippen MR) is 43.9 cm³/mol. The fraction of sp³-hybridized carbons (Fsp3) is 0.714. The minimum atomic E-state index is -1.43. The van der Waals surface area contributed by atoms with Gasteiger partial charge < -0.3 is 4.43 Å². The molecule has 1 unspecified atom stereocenters. The van der Waals surface area contributed by atoms with Crippen LogP contribution in [0.1, 0.15) is 13.8 Å². The Bertz CT molecular complexity index is 92.9. The first-order valence-corrected chi connectivity index (χ1v) is 6.15. The van der Waals surface area contributed by atoms with E-state index in [1.54, 1.807) is 0 Å². The minimum Gasteiger partial charge on any atom is -0.414 e. The van der Waals surface area contributed by atoms with Crippen LogP contribution in [0.2, 0.25) is 12.6 Å². The molecule has 1 atom stereocenters. The van der Waals surface area contributed by atoms with Crippen molar-refractivity contribution in [1.29, 1.82) is 0 Å². The van der Waals surface area contributed by atoms with Gasteiger partial charge in [0.1, 0.15) is 0 Å². The van der Waals surface area contributed by atoms with E-state index in [4.69, 9.17) is 4.43 Å². The van der Waals surface area contributed by atoms with Gasteiger partial charge in [0, 0.05) is 6.61 Å². The van der Waals surface area contributed by atoms with Crippen LogP contribution in [-0.2, 0) is 4.43 Å². The van der Waals surface area contributed by atoms with E-state index in [1.165, 1.54) is 0 Å². The summed E-state index contributed by atoms with van der Waals surface area (Å²) in [5, 5.41) is 0. The molecule has 1 nitrogen and oxygen atoms in total. The van der Waals surface area contributed by atoms with E-state index in [-0.39, 0.29) is 0 Å². The first-order valence-electron chi connectivity index (χ1n) is 3.46. The third kappa shape index (κ3) is 2.82. The van der Waals surface area contributed by atoms with Crippen LogP contribution in [0.3, 0.4) is 0 Å². The zero-order valence-corrected chi connectivity index (χ0v) is 7.61. The van der Waals surface area contributed by atoms with Gasteiger partial charge in [-0.05, 0) is 19.5 Å². The van der Waals surface area contributed by atoms with Crippen molar-refractivity contribution in [2.75, 3.05) is 6.61 Å². The normalized spacial score (nSPS) is 16.8. The molecule has 0 radical (unpaired) electrons. The van der Waals surface area contributed by atoms with Gasteiger partial charge in [0.25, 0.3) is 0 Å². The molecule has 0 saturated heterocycles. The molecule has 0 bridgehead atoms. The molecule has 9 heavy (non-hydrogen) atoms. The van der Waals surface area contributed by atoms with Crippen LogP contribution in [-0.4, -0.2) is 14.9 Å².